The van der Waals surface area contributed by atoms with Gasteiger partial charge in [0.1, 0.15) is 5.52 Å². The Labute approximate surface area is 132 Å². The number of nitrogens with zero attached hydrogens (tertiary/aromatic N) is 3. The van der Waals surface area contributed by atoms with Crippen LogP contribution in [0.2, 0.25) is 0 Å². The third-order valence-corrected chi connectivity index (χ3v) is 4.37. The molecule has 0 bridgehead atoms. The Morgan fingerprint density at radius 3 is 2.48 bits per heavy atom. The lowest BCUT2D eigenvalue weighted by Crippen LogP contribution is -2.03. The molecule has 0 saturated carbocycles. The summed E-state index contributed by atoms with van der Waals surface area (Å²) in [6, 6.07) is 0. The van der Waals surface area contributed by atoms with Crippen molar-refractivity contribution in [3.05, 3.63) is 10.5 Å². The van der Waals surface area contributed by atoms with Gasteiger partial charge in [0.15, 0.2) is 10.4 Å². The quantitative estimate of drug-likeness (QED) is 0.536. The Morgan fingerprint density at radius 1 is 1.05 bits per heavy atom. The van der Waals surface area contributed by atoms with E-state index in [-0.39, 0.29) is 0 Å². The summed E-state index contributed by atoms with van der Waals surface area (Å²) in [7, 11) is 2.02. The summed E-state index contributed by atoms with van der Waals surface area (Å²) in [5.74, 6) is 0. The van der Waals surface area contributed by atoms with Crippen molar-refractivity contribution in [2.45, 2.75) is 71.8 Å². The van der Waals surface area contributed by atoms with Crippen LogP contribution in [0.4, 0.5) is 0 Å². The number of nitrogens with one attached hydrogen (secondary N) is 1. The van der Waals surface area contributed by atoms with E-state index in [1.54, 1.807) is 0 Å². The first-order valence-corrected chi connectivity index (χ1v) is 8.74. The predicted octanol–water partition coefficient (Wildman–Crippen LogP) is 4.75. The highest BCUT2D eigenvalue weighted by Gasteiger charge is 2.14. The topological polar surface area (TPSA) is 38.5 Å². The molecule has 0 amide bonds. The molecule has 2 heterocycles. The monoisotopic (exact) mass is 308 g/mol. The van der Waals surface area contributed by atoms with Crippen LogP contribution < -0.4 is 0 Å². The summed E-state index contributed by atoms with van der Waals surface area (Å²) in [6.45, 7) is 5.44. The number of hydrogen-bond donors (Lipinski definition) is 1. The molecule has 118 valence electrons. The summed E-state index contributed by atoms with van der Waals surface area (Å²) in [5.41, 5.74) is 3.43. The van der Waals surface area contributed by atoms with E-state index in [0.29, 0.717) is 0 Å². The summed E-state index contributed by atoms with van der Waals surface area (Å²) in [4.78, 5) is 3.36. The number of imidazole rings is 1. The Bertz CT molecular complexity index is 620. The van der Waals surface area contributed by atoms with Crippen LogP contribution >= 0.6 is 12.2 Å². The van der Waals surface area contributed by atoms with Gasteiger partial charge in [0, 0.05) is 13.6 Å². The van der Waals surface area contributed by atoms with E-state index >= 15 is 0 Å². The Kier molecular flexibility index (Phi) is 6.03. The van der Waals surface area contributed by atoms with Crippen molar-refractivity contribution in [2.75, 3.05) is 0 Å². The van der Waals surface area contributed by atoms with Crippen molar-refractivity contribution in [1.29, 1.82) is 0 Å². The minimum atomic E-state index is 0.837. The zero-order valence-electron chi connectivity index (χ0n) is 13.6. The average molecular weight is 308 g/mol. The molecule has 2 aromatic rings. The SMILES string of the molecule is CCCCCCCCn1c(=S)[nH]c2c(CCC)nn(C)c21. The number of aromatic nitrogens is 4. The predicted molar refractivity (Wildman–Crippen MR) is 91.3 cm³/mol. The van der Waals surface area contributed by atoms with Crippen LogP contribution in [0.1, 0.15) is 64.5 Å². The Hall–Kier alpha value is -1.10. The zero-order chi connectivity index (χ0) is 15.2. The van der Waals surface area contributed by atoms with Crippen molar-refractivity contribution in [1.82, 2.24) is 19.3 Å². The third kappa shape index (κ3) is 3.76. The van der Waals surface area contributed by atoms with Crippen LogP contribution in [0.3, 0.4) is 0 Å². The third-order valence-electron chi connectivity index (χ3n) is 4.04. The second-order valence-corrected chi connectivity index (χ2v) is 6.26. The van der Waals surface area contributed by atoms with Crippen molar-refractivity contribution >= 4 is 23.4 Å². The molecule has 0 aliphatic carbocycles. The molecule has 4 nitrogen and oxygen atoms in total. The first-order chi connectivity index (χ1) is 10.2. The van der Waals surface area contributed by atoms with Gasteiger partial charge in [0.25, 0.3) is 0 Å². The molecule has 0 aromatic carbocycles. The van der Waals surface area contributed by atoms with Crippen LogP contribution in [0, 0.1) is 4.77 Å². The smallest absolute Gasteiger partial charge is 0.179 e. The van der Waals surface area contributed by atoms with Gasteiger partial charge in [-0.15, -0.1) is 0 Å². The zero-order valence-corrected chi connectivity index (χ0v) is 14.4. The Morgan fingerprint density at radius 2 is 1.76 bits per heavy atom. The van der Waals surface area contributed by atoms with Gasteiger partial charge in [-0.05, 0) is 25.1 Å². The molecule has 0 atom stereocenters. The maximum Gasteiger partial charge on any atom is 0.179 e. The maximum atomic E-state index is 5.50. The largest absolute Gasteiger partial charge is 0.328 e. The normalized spacial score (nSPS) is 11.6. The number of H-pyrrole nitrogens is 1. The van der Waals surface area contributed by atoms with E-state index in [0.717, 1.165) is 41.0 Å². The molecule has 0 unspecified atom stereocenters. The number of unbranched alkanes of at least 4 members (excludes halogenated alkanes) is 5. The van der Waals surface area contributed by atoms with E-state index in [4.69, 9.17) is 12.2 Å². The summed E-state index contributed by atoms with van der Waals surface area (Å²) in [5, 5.41) is 4.63. The van der Waals surface area contributed by atoms with Gasteiger partial charge >= 0.3 is 0 Å². The highest BCUT2D eigenvalue weighted by Crippen LogP contribution is 2.20. The minimum Gasteiger partial charge on any atom is -0.328 e. The lowest BCUT2D eigenvalue weighted by molar-refractivity contribution is 0.554. The number of aromatic amines is 1. The molecule has 0 fully saturated rings. The van der Waals surface area contributed by atoms with Crippen LogP contribution in [-0.4, -0.2) is 19.3 Å². The highest BCUT2D eigenvalue weighted by atomic mass is 32.1. The van der Waals surface area contributed by atoms with E-state index in [2.05, 4.69) is 28.5 Å². The van der Waals surface area contributed by atoms with E-state index < -0.39 is 0 Å². The second-order valence-electron chi connectivity index (χ2n) is 5.87. The van der Waals surface area contributed by atoms with E-state index in [1.807, 2.05) is 11.7 Å². The molecule has 0 radical (unpaired) electrons. The minimum absolute atomic E-state index is 0.837. The molecule has 2 aromatic heterocycles. The number of rotatable bonds is 9. The van der Waals surface area contributed by atoms with Crippen LogP contribution in [0.5, 0.6) is 0 Å². The van der Waals surface area contributed by atoms with Gasteiger partial charge in [-0.3, -0.25) is 4.68 Å². The highest BCUT2D eigenvalue weighted by molar-refractivity contribution is 7.71. The first-order valence-electron chi connectivity index (χ1n) is 8.33. The Balaban J connectivity index is 2.06. The van der Waals surface area contributed by atoms with Gasteiger partial charge in [-0.2, -0.15) is 5.10 Å². The van der Waals surface area contributed by atoms with Gasteiger partial charge in [-0.1, -0.05) is 52.4 Å². The summed E-state index contributed by atoms with van der Waals surface area (Å²) >= 11 is 5.50. The first kappa shape index (κ1) is 16.3. The number of hydrogen-bond acceptors (Lipinski definition) is 2. The van der Waals surface area contributed by atoms with Crippen molar-refractivity contribution < 1.29 is 0 Å². The summed E-state index contributed by atoms with van der Waals surface area (Å²) in [6.07, 6.45) is 9.94. The van der Waals surface area contributed by atoms with Crippen molar-refractivity contribution in [3.63, 3.8) is 0 Å². The maximum absolute atomic E-state index is 5.50. The van der Waals surface area contributed by atoms with Crippen molar-refractivity contribution in [2.24, 2.45) is 7.05 Å². The van der Waals surface area contributed by atoms with Crippen LogP contribution in [-0.2, 0) is 20.0 Å². The van der Waals surface area contributed by atoms with Crippen molar-refractivity contribution in [3.8, 4) is 0 Å². The fourth-order valence-electron chi connectivity index (χ4n) is 2.95. The lowest BCUT2D eigenvalue weighted by Gasteiger charge is -2.05. The summed E-state index contributed by atoms with van der Waals surface area (Å²) < 4.78 is 5.03. The van der Waals surface area contributed by atoms with E-state index in [1.165, 1.54) is 38.5 Å². The standard InChI is InChI=1S/C16H28N4S/c1-4-6-7-8-9-10-12-20-15-14(17-16(20)21)13(11-5-2)18-19(15)3/h4-12H2,1-3H3,(H,17,21). The molecular weight excluding hydrogens is 280 g/mol. The number of aryl methyl sites for hydroxylation is 3. The molecule has 1 N–H and O–H groups in total. The lowest BCUT2D eigenvalue weighted by atomic mass is 10.1. The molecule has 0 aliphatic heterocycles. The molecular formula is C16H28N4S. The van der Waals surface area contributed by atoms with Gasteiger partial charge in [-0.25, -0.2) is 0 Å². The second kappa shape index (κ2) is 7.78. The van der Waals surface area contributed by atoms with Crippen LogP contribution in [0.25, 0.3) is 11.2 Å². The molecule has 5 heteroatoms. The van der Waals surface area contributed by atoms with Gasteiger partial charge in [0.2, 0.25) is 0 Å². The van der Waals surface area contributed by atoms with Gasteiger partial charge < -0.3 is 9.55 Å². The fourth-order valence-corrected chi connectivity index (χ4v) is 3.23. The fraction of sp³-hybridized carbons (Fsp3) is 0.750. The average Bonchev–Trinajstić information content (AvgIpc) is 2.93. The molecule has 0 spiro atoms. The van der Waals surface area contributed by atoms with E-state index in [9.17, 15) is 0 Å². The number of fused-ring (bicyclic) bond motifs is 1. The van der Waals surface area contributed by atoms with Crippen LogP contribution in [0.15, 0.2) is 0 Å². The molecule has 0 aliphatic rings. The molecule has 2 rings (SSSR count). The molecule has 0 saturated heterocycles. The van der Waals surface area contributed by atoms with Gasteiger partial charge in [0.05, 0.1) is 5.69 Å². The molecule has 21 heavy (non-hydrogen) atoms.